The molecule has 1 aromatic carbocycles. The first-order valence-corrected chi connectivity index (χ1v) is 9.39. The Labute approximate surface area is 112 Å². The first kappa shape index (κ1) is 13.0. The molecule has 2 nitrogen and oxygen atoms in total. The molecule has 0 saturated carbocycles. The molecule has 1 unspecified atom stereocenters. The molecule has 92 valence electrons. The standard InChI is InChI=1S/C13H17NOSSe/c1-13(2,3)12-14-11(16-17-12)9-5-7-10(15-4)8-6-9/h5-8,12H,1-4H3. The number of methoxy groups -OCH3 is 1. The molecule has 0 saturated heterocycles. The van der Waals surface area contributed by atoms with Crippen LogP contribution in [0.25, 0.3) is 0 Å². The Hall–Kier alpha value is -0.441. The minimum absolute atomic E-state index is 0.279. The van der Waals surface area contributed by atoms with Gasteiger partial charge in [0.2, 0.25) is 0 Å². The number of rotatable bonds is 2. The zero-order valence-corrected chi connectivity index (χ0v) is 13.1. The van der Waals surface area contributed by atoms with Crippen molar-refractivity contribution in [2.75, 3.05) is 7.11 Å². The van der Waals surface area contributed by atoms with Crippen LogP contribution in [0.1, 0.15) is 26.3 Å². The van der Waals surface area contributed by atoms with Crippen LogP contribution >= 0.6 is 10.2 Å². The van der Waals surface area contributed by atoms with Gasteiger partial charge in [-0.2, -0.15) is 0 Å². The van der Waals surface area contributed by atoms with Gasteiger partial charge in [-0.1, -0.05) is 0 Å². The van der Waals surface area contributed by atoms with E-state index in [1.807, 2.05) is 22.3 Å². The van der Waals surface area contributed by atoms with Crippen molar-refractivity contribution in [3.05, 3.63) is 29.8 Å². The van der Waals surface area contributed by atoms with E-state index in [-0.39, 0.29) is 5.41 Å². The number of nitrogens with zero attached hydrogens (tertiary/aromatic N) is 1. The Morgan fingerprint density at radius 3 is 2.35 bits per heavy atom. The van der Waals surface area contributed by atoms with Crippen LogP contribution in [0.4, 0.5) is 0 Å². The molecule has 0 amide bonds. The fourth-order valence-electron chi connectivity index (χ4n) is 1.43. The molecule has 0 aromatic heterocycles. The molecule has 17 heavy (non-hydrogen) atoms. The predicted octanol–water partition coefficient (Wildman–Crippen LogP) is 3.18. The van der Waals surface area contributed by atoms with Gasteiger partial charge in [0.05, 0.1) is 0 Å². The Bertz CT molecular complexity index is 422. The third kappa shape index (κ3) is 3.06. The van der Waals surface area contributed by atoms with Crippen molar-refractivity contribution >= 4 is 29.1 Å². The summed E-state index contributed by atoms with van der Waals surface area (Å²) in [6.07, 6.45) is 0. The molecular weight excluding hydrogens is 297 g/mol. The predicted molar refractivity (Wildman–Crippen MR) is 76.1 cm³/mol. The molecule has 0 aliphatic carbocycles. The molecule has 1 aromatic rings. The third-order valence-corrected chi connectivity index (χ3v) is 7.76. The molecule has 0 spiro atoms. The van der Waals surface area contributed by atoms with Crippen molar-refractivity contribution in [3.8, 4) is 5.75 Å². The summed E-state index contributed by atoms with van der Waals surface area (Å²) in [5, 5.41) is 1.19. The second-order valence-electron chi connectivity index (χ2n) is 5.06. The summed E-state index contributed by atoms with van der Waals surface area (Å²) in [5.41, 5.74) is 1.49. The Morgan fingerprint density at radius 2 is 1.88 bits per heavy atom. The van der Waals surface area contributed by atoms with Gasteiger partial charge in [0, 0.05) is 0 Å². The minimum atomic E-state index is 0.279. The summed E-state index contributed by atoms with van der Waals surface area (Å²) in [4.78, 5) is 5.34. The zero-order valence-electron chi connectivity index (χ0n) is 10.6. The van der Waals surface area contributed by atoms with Gasteiger partial charge in [-0.3, -0.25) is 0 Å². The number of ether oxygens (including phenoxy) is 1. The average Bonchev–Trinajstić information content (AvgIpc) is 2.78. The van der Waals surface area contributed by atoms with Gasteiger partial charge in [-0.05, 0) is 0 Å². The molecule has 4 heteroatoms. The van der Waals surface area contributed by atoms with Gasteiger partial charge < -0.3 is 0 Å². The van der Waals surface area contributed by atoms with Crippen molar-refractivity contribution < 1.29 is 4.74 Å². The number of benzene rings is 1. The van der Waals surface area contributed by atoms with E-state index in [9.17, 15) is 0 Å². The summed E-state index contributed by atoms with van der Waals surface area (Å²) in [6, 6.07) is 8.17. The Morgan fingerprint density at radius 1 is 1.24 bits per heavy atom. The van der Waals surface area contributed by atoms with Gasteiger partial charge in [-0.15, -0.1) is 0 Å². The van der Waals surface area contributed by atoms with Crippen molar-refractivity contribution in [1.82, 2.24) is 0 Å². The fraction of sp³-hybridized carbons (Fsp3) is 0.462. The molecule has 2 rings (SSSR count). The van der Waals surface area contributed by atoms with E-state index in [0.29, 0.717) is 18.8 Å². The van der Waals surface area contributed by atoms with Gasteiger partial charge >= 0.3 is 113 Å². The fourth-order valence-corrected chi connectivity index (χ4v) is 6.81. The molecule has 0 radical (unpaired) electrons. The zero-order chi connectivity index (χ0) is 12.5. The van der Waals surface area contributed by atoms with Crippen molar-refractivity contribution in [1.29, 1.82) is 0 Å². The van der Waals surface area contributed by atoms with Crippen LogP contribution in [0.2, 0.25) is 0 Å². The van der Waals surface area contributed by atoms with Crippen LogP contribution < -0.4 is 4.74 Å². The van der Waals surface area contributed by atoms with Gasteiger partial charge in [0.25, 0.3) is 0 Å². The molecule has 0 fully saturated rings. The second kappa shape index (κ2) is 5.05. The Kier molecular flexibility index (Phi) is 3.86. The molecular formula is C13H17NOSSe. The number of aliphatic imine (C=N–C) groups is 1. The first-order chi connectivity index (χ1) is 8.00. The maximum atomic E-state index is 5.16. The summed E-state index contributed by atoms with van der Waals surface area (Å²) in [6.45, 7) is 6.79. The van der Waals surface area contributed by atoms with E-state index in [0.717, 1.165) is 5.75 Å². The van der Waals surface area contributed by atoms with Crippen LogP contribution in [0.15, 0.2) is 29.3 Å². The molecule has 0 N–H and O–H groups in total. The summed E-state index contributed by atoms with van der Waals surface area (Å²) in [7, 11) is 3.61. The molecule has 1 aliphatic heterocycles. The molecule has 1 aliphatic rings. The third-order valence-electron chi connectivity index (χ3n) is 2.53. The Balaban J connectivity index is 2.18. The van der Waals surface area contributed by atoms with Crippen molar-refractivity contribution in [2.45, 2.75) is 25.7 Å². The molecule has 0 bridgehead atoms. The van der Waals surface area contributed by atoms with E-state index < -0.39 is 0 Å². The van der Waals surface area contributed by atoms with E-state index in [2.05, 4.69) is 32.9 Å². The average molecular weight is 314 g/mol. The number of hydrogen-bond donors (Lipinski definition) is 0. The summed E-state index contributed by atoms with van der Waals surface area (Å²) in [5.74, 6) is 0.898. The van der Waals surface area contributed by atoms with E-state index in [1.165, 1.54) is 10.6 Å². The van der Waals surface area contributed by atoms with Crippen LogP contribution in [0.3, 0.4) is 0 Å². The summed E-state index contributed by atoms with van der Waals surface area (Å²) < 4.78 is 5.16. The van der Waals surface area contributed by atoms with Gasteiger partial charge in [0.1, 0.15) is 0 Å². The maximum absolute atomic E-state index is 5.16. The number of hydrogen-bond acceptors (Lipinski definition) is 3. The quantitative estimate of drug-likeness (QED) is 0.782. The van der Waals surface area contributed by atoms with Gasteiger partial charge in [-0.25, -0.2) is 0 Å². The van der Waals surface area contributed by atoms with E-state index in [4.69, 9.17) is 9.73 Å². The van der Waals surface area contributed by atoms with E-state index in [1.54, 1.807) is 7.11 Å². The van der Waals surface area contributed by atoms with Crippen LogP contribution in [-0.4, -0.2) is 30.9 Å². The monoisotopic (exact) mass is 315 g/mol. The first-order valence-electron chi connectivity index (χ1n) is 5.56. The van der Waals surface area contributed by atoms with Crippen molar-refractivity contribution in [3.63, 3.8) is 0 Å². The summed E-state index contributed by atoms with van der Waals surface area (Å²) >= 11 is 0.521. The SMILES string of the molecule is COc1ccc(C2=NC(C(C)(C)C)[Se]S2)cc1. The van der Waals surface area contributed by atoms with Gasteiger partial charge in [0.15, 0.2) is 0 Å². The van der Waals surface area contributed by atoms with Crippen LogP contribution in [0, 0.1) is 5.41 Å². The van der Waals surface area contributed by atoms with E-state index >= 15 is 0 Å². The molecule has 1 atom stereocenters. The normalized spacial score (nSPS) is 20.2. The second-order valence-corrected chi connectivity index (χ2v) is 9.00. The molecule has 1 heterocycles. The van der Waals surface area contributed by atoms with Crippen LogP contribution in [0.5, 0.6) is 5.75 Å². The van der Waals surface area contributed by atoms with Crippen LogP contribution in [-0.2, 0) is 0 Å². The van der Waals surface area contributed by atoms with Crippen molar-refractivity contribution in [2.24, 2.45) is 10.4 Å². The topological polar surface area (TPSA) is 21.6 Å².